The molecule has 0 aliphatic heterocycles. The Balaban J connectivity index is 1.92. The number of imidazole rings is 1. The predicted octanol–water partition coefficient (Wildman–Crippen LogP) is 1.86. The Morgan fingerprint density at radius 2 is 2.44 bits per heavy atom. The van der Waals surface area contributed by atoms with Crippen LogP contribution in [0.2, 0.25) is 0 Å². The van der Waals surface area contributed by atoms with Crippen molar-refractivity contribution in [3.8, 4) is 0 Å². The van der Waals surface area contributed by atoms with Gasteiger partial charge in [0, 0.05) is 30.9 Å². The summed E-state index contributed by atoms with van der Waals surface area (Å²) in [5, 5.41) is 8.62. The van der Waals surface area contributed by atoms with E-state index in [0.717, 1.165) is 23.0 Å². The summed E-state index contributed by atoms with van der Waals surface area (Å²) in [6.07, 6.45) is 5.12. The molecule has 18 heavy (non-hydrogen) atoms. The normalized spacial score (nSPS) is 13.8. The van der Waals surface area contributed by atoms with Gasteiger partial charge >= 0.3 is 0 Å². The zero-order chi connectivity index (χ0) is 13.0. The van der Waals surface area contributed by atoms with Gasteiger partial charge in [-0.05, 0) is 13.3 Å². The molecule has 2 rings (SSSR count). The lowest BCUT2D eigenvalue weighted by Gasteiger charge is -2.15. The van der Waals surface area contributed by atoms with Gasteiger partial charge in [0.15, 0.2) is 10.9 Å². The maximum atomic E-state index is 4.51. The van der Waals surface area contributed by atoms with E-state index in [9.17, 15) is 0 Å². The van der Waals surface area contributed by atoms with Gasteiger partial charge in [-0.1, -0.05) is 6.92 Å². The Hall–Kier alpha value is -1.56. The van der Waals surface area contributed by atoms with Crippen LogP contribution in [-0.4, -0.2) is 28.4 Å². The van der Waals surface area contributed by atoms with E-state index in [4.69, 9.17) is 0 Å². The SMILES string of the molecule is CCC(C)NC(=NC)NCc1cn2ccsc2n1. The van der Waals surface area contributed by atoms with Gasteiger partial charge in [-0.3, -0.25) is 9.39 Å². The van der Waals surface area contributed by atoms with Crippen molar-refractivity contribution in [2.45, 2.75) is 32.9 Å². The van der Waals surface area contributed by atoms with Crippen molar-refractivity contribution in [3.63, 3.8) is 0 Å². The molecule has 1 unspecified atom stereocenters. The fraction of sp³-hybridized carbons (Fsp3) is 0.500. The van der Waals surface area contributed by atoms with Crippen molar-refractivity contribution >= 4 is 22.3 Å². The molecule has 0 fully saturated rings. The molecule has 2 N–H and O–H groups in total. The maximum absolute atomic E-state index is 4.51. The third-order valence-corrected chi connectivity index (χ3v) is 3.57. The van der Waals surface area contributed by atoms with Crippen LogP contribution in [0.3, 0.4) is 0 Å². The molecule has 6 heteroatoms. The van der Waals surface area contributed by atoms with E-state index in [1.54, 1.807) is 18.4 Å². The minimum atomic E-state index is 0.418. The van der Waals surface area contributed by atoms with E-state index in [1.807, 2.05) is 22.2 Å². The van der Waals surface area contributed by atoms with Crippen molar-refractivity contribution in [1.29, 1.82) is 0 Å². The van der Waals surface area contributed by atoms with Crippen molar-refractivity contribution in [1.82, 2.24) is 20.0 Å². The van der Waals surface area contributed by atoms with Crippen LogP contribution >= 0.6 is 11.3 Å². The molecular weight excluding hydrogens is 246 g/mol. The van der Waals surface area contributed by atoms with Crippen molar-refractivity contribution in [2.24, 2.45) is 4.99 Å². The molecule has 0 radical (unpaired) electrons. The number of aromatic nitrogens is 2. The van der Waals surface area contributed by atoms with Gasteiger partial charge in [-0.15, -0.1) is 11.3 Å². The first kappa shape index (κ1) is 12.9. The molecule has 0 aliphatic carbocycles. The van der Waals surface area contributed by atoms with Crippen LogP contribution in [0.5, 0.6) is 0 Å². The minimum absolute atomic E-state index is 0.418. The molecule has 0 aliphatic rings. The van der Waals surface area contributed by atoms with Crippen LogP contribution in [0.15, 0.2) is 22.8 Å². The Kier molecular flexibility index (Phi) is 4.19. The highest BCUT2D eigenvalue weighted by molar-refractivity contribution is 7.15. The summed E-state index contributed by atoms with van der Waals surface area (Å²) < 4.78 is 2.03. The molecule has 0 bridgehead atoms. The van der Waals surface area contributed by atoms with E-state index in [0.29, 0.717) is 12.6 Å². The highest BCUT2D eigenvalue weighted by atomic mass is 32.1. The molecule has 0 spiro atoms. The molecule has 1 atom stereocenters. The van der Waals surface area contributed by atoms with Crippen LogP contribution in [0, 0.1) is 0 Å². The summed E-state index contributed by atoms with van der Waals surface area (Å²) in [5.41, 5.74) is 1.02. The molecular formula is C12H19N5S. The Labute approximate surface area is 111 Å². The molecule has 5 nitrogen and oxygen atoms in total. The quantitative estimate of drug-likeness (QED) is 0.655. The van der Waals surface area contributed by atoms with Crippen LogP contribution in [0.1, 0.15) is 26.0 Å². The van der Waals surface area contributed by atoms with Crippen molar-refractivity contribution < 1.29 is 0 Å². The largest absolute Gasteiger partial charge is 0.354 e. The van der Waals surface area contributed by atoms with Crippen LogP contribution < -0.4 is 10.6 Å². The van der Waals surface area contributed by atoms with Gasteiger partial charge < -0.3 is 10.6 Å². The number of rotatable bonds is 4. The minimum Gasteiger partial charge on any atom is -0.354 e. The van der Waals surface area contributed by atoms with Gasteiger partial charge in [0.25, 0.3) is 0 Å². The third-order valence-electron chi connectivity index (χ3n) is 2.80. The number of hydrogen-bond donors (Lipinski definition) is 2. The molecule has 2 aromatic heterocycles. The molecule has 0 aromatic carbocycles. The summed E-state index contributed by atoms with van der Waals surface area (Å²) in [6.45, 7) is 4.97. The molecule has 0 saturated carbocycles. The molecule has 0 amide bonds. The lowest BCUT2D eigenvalue weighted by atomic mass is 10.3. The number of aliphatic imine (C=N–C) groups is 1. The summed E-state index contributed by atoms with van der Waals surface area (Å²) in [4.78, 5) is 9.73. The third kappa shape index (κ3) is 3.01. The monoisotopic (exact) mass is 265 g/mol. The van der Waals surface area contributed by atoms with Crippen LogP contribution in [0.25, 0.3) is 4.96 Å². The fourth-order valence-electron chi connectivity index (χ4n) is 1.57. The summed E-state index contributed by atoms with van der Waals surface area (Å²) >= 11 is 1.64. The van der Waals surface area contributed by atoms with E-state index in [1.165, 1.54) is 0 Å². The molecule has 2 aromatic rings. The smallest absolute Gasteiger partial charge is 0.193 e. The van der Waals surface area contributed by atoms with Gasteiger partial charge in [0.1, 0.15) is 0 Å². The number of hydrogen-bond acceptors (Lipinski definition) is 3. The molecule has 98 valence electrons. The number of fused-ring (bicyclic) bond motifs is 1. The van der Waals surface area contributed by atoms with E-state index >= 15 is 0 Å². The Bertz CT molecular complexity index is 499. The molecule has 2 heterocycles. The van der Waals surface area contributed by atoms with Gasteiger partial charge in [-0.2, -0.15) is 0 Å². The highest BCUT2D eigenvalue weighted by Crippen LogP contribution is 2.10. The second-order valence-corrected chi connectivity index (χ2v) is 5.08. The lowest BCUT2D eigenvalue weighted by molar-refractivity contribution is 0.623. The second-order valence-electron chi connectivity index (χ2n) is 4.20. The topological polar surface area (TPSA) is 53.7 Å². The average molecular weight is 265 g/mol. The van der Waals surface area contributed by atoms with Gasteiger partial charge in [0.2, 0.25) is 0 Å². The zero-order valence-electron chi connectivity index (χ0n) is 11.0. The predicted molar refractivity (Wildman–Crippen MR) is 76.2 cm³/mol. The lowest BCUT2D eigenvalue weighted by Crippen LogP contribution is -2.41. The zero-order valence-corrected chi connectivity index (χ0v) is 11.8. The van der Waals surface area contributed by atoms with Gasteiger partial charge in [0.05, 0.1) is 12.2 Å². The van der Waals surface area contributed by atoms with Gasteiger partial charge in [-0.25, -0.2) is 4.98 Å². The summed E-state index contributed by atoms with van der Waals surface area (Å²) in [7, 11) is 1.78. The number of nitrogens with one attached hydrogen (secondary N) is 2. The first-order valence-electron chi connectivity index (χ1n) is 6.11. The Morgan fingerprint density at radius 1 is 1.61 bits per heavy atom. The second kappa shape index (κ2) is 5.86. The average Bonchev–Trinajstić information content (AvgIpc) is 2.94. The number of thiazole rings is 1. The van der Waals surface area contributed by atoms with Crippen LogP contribution in [-0.2, 0) is 6.54 Å². The molecule has 0 saturated heterocycles. The number of guanidine groups is 1. The summed E-state index contributed by atoms with van der Waals surface area (Å²) in [6, 6.07) is 0.418. The number of nitrogens with zero attached hydrogens (tertiary/aromatic N) is 3. The maximum Gasteiger partial charge on any atom is 0.193 e. The fourth-order valence-corrected chi connectivity index (χ4v) is 2.28. The van der Waals surface area contributed by atoms with Crippen LogP contribution in [0.4, 0.5) is 0 Å². The Morgan fingerprint density at radius 3 is 3.11 bits per heavy atom. The highest BCUT2D eigenvalue weighted by Gasteiger charge is 2.05. The van der Waals surface area contributed by atoms with Crippen molar-refractivity contribution in [2.75, 3.05) is 7.05 Å². The first-order valence-corrected chi connectivity index (χ1v) is 6.99. The summed E-state index contributed by atoms with van der Waals surface area (Å²) in [5.74, 6) is 0.820. The van der Waals surface area contributed by atoms with E-state index < -0.39 is 0 Å². The van der Waals surface area contributed by atoms with E-state index in [-0.39, 0.29) is 0 Å². The van der Waals surface area contributed by atoms with E-state index in [2.05, 4.69) is 34.5 Å². The first-order chi connectivity index (χ1) is 8.72. The standard InChI is InChI=1S/C12H19N5S/c1-4-9(2)15-11(13-3)14-7-10-8-17-5-6-18-12(17)16-10/h5-6,8-9H,4,7H2,1-3H3,(H2,13,14,15). The van der Waals surface area contributed by atoms with Crippen molar-refractivity contribution in [3.05, 3.63) is 23.5 Å².